The Kier molecular flexibility index (Phi) is 12.5. The molecule has 16 heteroatoms. The first-order valence-electron chi connectivity index (χ1n) is 14.0. The van der Waals surface area contributed by atoms with E-state index in [4.69, 9.17) is 42.1 Å². The van der Waals surface area contributed by atoms with E-state index in [1.807, 2.05) is 0 Å². The van der Waals surface area contributed by atoms with Gasteiger partial charge in [0.25, 0.3) is 0 Å². The maximum absolute atomic E-state index is 13.2. The molecule has 0 bridgehead atoms. The number of hydrogen-bond donors (Lipinski definition) is 1. The number of hydrogen-bond acceptors (Lipinski definition) is 9. The molecule has 46 heavy (non-hydrogen) atoms. The molecule has 11 nitrogen and oxygen atoms in total. The fourth-order valence-corrected chi connectivity index (χ4v) is 5.61. The molecule has 1 aliphatic carbocycles. The van der Waals surface area contributed by atoms with Gasteiger partial charge in [-0.25, -0.2) is 8.42 Å². The van der Waals surface area contributed by atoms with E-state index >= 15 is 0 Å². The van der Waals surface area contributed by atoms with Gasteiger partial charge in [0.1, 0.15) is 22.7 Å². The average Bonchev–Trinajstić information content (AvgIpc) is 3.84. The van der Waals surface area contributed by atoms with Crippen LogP contribution in [0.3, 0.4) is 0 Å². The Morgan fingerprint density at radius 1 is 1.02 bits per heavy atom. The maximum Gasteiger partial charge on any atom is 0.387 e. The molecule has 4 rings (SSSR count). The molecule has 3 aromatic rings. The minimum absolute atomic E-state index is 0.00703. The van der Waals surface area contributed by atoms with Crippen LogP contribution in [0.2, 0.25) is 10.0 Å². The Morgan fingerprint density at radius 2 is 1.70 bits per heavy atom. The van der Waals surface area contributed by atoms with Crippen molar-refractivity contribution in [2.24, 2.45) is 5.92 Å². The van der Waals surface area contributed by atoms with E-state index < -0.39 is 36.1 Å². The van der Waals surface area contributed by atoms with Gasteiger partial charge in [0, 0.05) is 18.5 Å². The summed E-state index contributed by atoms with van der Waals surface area (Å²) in [6.45, 7) is -3.51. The van der Waals surface area contributed by atoms with Gasteiger partial charge in [-0.1, -0.05) is 35.3 Å². The van der Waals surface area contributed by atoms with E-state index in [2.05, 4.69) is 4.74 Å². The summed E-state index contributed by atoms with van der Waals surface area (Å²) in [5, 5.41) is 11.8. The summed E-state index contributed by atoms with van der Waals surface area (Å²) in [7, 11) is -0.218. The van der Waals surface area contributed by atoms with E-state index in [-0.39, 0.29) is 59.0 Å². The molecule has 1 atom stereocenters. The summed E-state index contributed by atoms with van der Waals surface area (Å²) < 4.78 is 78.4. The number of thiol groups is 1. The van der Waals surface area contributed by atoms with Gasteiger partial charge >= 0.3 is 12.6 Å². The van der Waals surface area contributed by atoms with E-state index in [1.165, 1.54) is 32.4 Å². The highest BCUT2D eigenvalue weighted by atomic mass is 35.5. The number of methoxy groups -OCH3 is 2. The van der Waals surface area contributed by atoms with Crippen LogP contribution < -0.4 is 23.7 Å². The number of carbonyl (C=O) groups excluding carboxylic acids is 1. The smallest absolute Gasteiger partial charge is 0.387 e. The number of pyridine rings is 1. The van der Waals surface area contributed by atoms with Gasteiger partial charge < -0.3 is 28.9 Å². The average molecular weight is 706 g/mol. The van der Waals surface area contributed by atoms with Crippen molar-refractivity contribution in [1.82, 2.24) is 4.31 Å². The molecule has 1 saturated carbocycles. The predicted octanol–water partition coefficient (Wildman–Crippen LogP) is 4.93. The molecular weight excluding hydrogens is 673 g/mol. The SMILES string of the molecule is COc1ccc(CCN(CC(=O)O[C@@H](Cc2c(Cl)c[n+]([O-])cc2Cl)c2ccc(OC(F)F)c(OCC3CC3)c2)[SH](=O)=O)cc1OC. The van der Waals surface area contributed by atoms with Gasteiger partial charge in [-0.2, -0.15) is 17.8 Å². The van der Waals surface area contributed by atoms with E-state index in [1.54, 1.807) is 18.2 Å². The number of esters is 1. The predicted molar refractivity (Wildman–Crippen MR) is 164 cm³/mol. The Morgan fingerprint density at radius 3 is 2.30 bits per heavy atom. The number of rotatable bonds is 17. The van der Waals surface area contributed by atoms with Gasteiger partial charge in [0.2, 0.25) is 10.9 Å². The number of alkyl halides is 2. The molecule has 0 unspecified atom stereocenters. The molecule has 1 fully saturated rings. The van der Waals surface area contributed by atoms with E-state index in [0.717, 1.165) is 35.1 Å². The molecule has 0 spiro atoms. The molecule has 0 N–H and O–H groups in total. The number of ether oxygens (including phenoxy) is 5. The maximum atomic E-state index is 13.2. The molecule has 0 radical (unpaired) electrons. The third-order valence-electron chi connectivity index (χ3n) is 7.10. The molecule has 1 aliphatic rings. The van der Waals surface area contributed by atoms with Gasteiger partial charge in [0.05, 0.1) is 20.8 Å². The van der Waals surface area contributed by atoms with Crippen LogP contribution in [0.1, 0.15) is 35.6 Å². The first kappa shape index (κ1) is 35.3. The number of aromatic nitrogens is 1. The van der Waals surface area contributed by atoms with Crippen LogP contribution in [0.25, 0.3) is 0 Å². The zero-order valence-electron chi connectivity index (χ0n) is 24.8. The summed E-state index contributed by atoms with van der Waals surface area (Å²) in [5.41, 5.74) is 1.30. The first-order valence-corrected chi connectivity index (χ1v) is 15.9. The Labute approximate surface area is 276 Å². The third kappa shape index (κ3) is 9.95. The third-order valence-corrected chi connectivity index (χ3v) is 8.55. The summed E-state index contributed by atoms with van der Waals surface area (Å²) in [6, 6.07) is 9.19. The topological polar surface area (TPSA) is 128 Å². The van der Waals surface area contributed by atoms with Crippen molar-refractivity contribution in [3.05, 3.63) is 80.7 Å². The van der Waals surface area contributed by atoms with Crippen molar-refractivity contribution in [2.75, 3.05) is 33.9 Å². The summed E-state index contributed by atoms with van der Waals surface area (Å²) in [6.07, 6.45) is 2.99. The molecule has 1 heterocycles. The Bertz CT molecular complexity index is 1580. The lowest BCUT2D eigenvalue weighted by Gasteiger charge is -2.23. The molecule has 0 aliphatic heterocycles. The second kappa shape index (κ2) is 16.3. The van der Waals surface area contributed by atoms with Crippen LogP contribution in [0, 0.1) is 11.1 Å². The standard InChI is InChI=1S/C30H32Cl2F2N2O9S/c1-41-24-7-5-18(11-27(24)42-2)9-10-36(46(39)40)16-29(37)44-26(13-21-22(31)14-35(38)15-23(21)32)20-6-8-25(45-30(33)34)28(12-20)43-17-19-3-4-19/h5-8,11-12,14-15,19,26,30,46H,3-4,9-10,13,16-17H2,1-2H3/t26-/m0/s1. The summed E-state index contributed by atoms with van der Waals surface area (Å²) >= 11 is 12.6. The van der Waals surface area contributed by atoms with Crippen molar-refractivity contribution in [1.29, 1.82) is 0 Å². The van der Waals surface area contributed by atoms with Crippen LogP contribution in [0.4, 0.5) is 8.78 Å². The fourth-order valence-electron chi connectivity index (χ4n) is 4.52. The molecule has 2 aromatic carbocycles. The van der Waals surface area contributed by atoms with Crippen molar-refractivity contribution < 1.29 is 50.4 Å². The minimum Gasteiger partial charge on any atom is -0.619 e. The summed E-state index contributed by atoms with van der Waals surface area (Å²) in [5.74, 6) is 0.144. The number of nitrogens with zero attached hydrogens (tertiary/aromatic N) is 2. The van der Waals surface area contributed by atoms with Crippen LogP contribution in [-0.2, 0) is 33.3 Å². The lowest BCUT2D eigenvalue weighted by Crippen LogP contribution is -2.32. The normalized spacial score (nSPS) is 13.6. The van der Waals surface area contributed by atoms with Gasteiger partial charge in [-0.05, 0) is 60.6 Å². The number of carbonyl (C=O) groups is 1. The van der Waals surface area contributed by atoms with Gasteiger partial charge in [-0.3, -0.25) is 4.79 Å². The quantitative estimate of drug-likeness (QED) is 0.0901. The van der Waals surface area contributed by atoms with Crippen LogP contribution in [0.5, 0.6) is 23.0 Å². The second-order valence-corrected chi connectivity index (χ2v) is 12.2. The van der Waals surface area contributed by atoms with Crippen molar-refractivity contribution in [3.63, 3.8) is 0 Å². The van der Waals surface area contributed by atoms with Crippen LogP contribution in [0.15, 0.2) is 48.8 Å². The fraction of sp³-hybridized carbons (Fsp3) is 0.400. The lowest BCUT2D eigenvalue weighted by atomic mass is 10.0. The number of halogens is 4. The summed E-state index contributed by atoms with van der Waals surface area (Å²) in [4.78, 5) is 13.2. The van der Waals surface area contributed by atoms with E-state index in [0.29, 0.717) is 21.8 Å². The highest BCUT2D eigenvalue weighted by molar-refractivity contribution is 7.69. The minimum atomic E-state index is -3.19. The zero-order valence-corrected chi connectivity index (χ0v) is 27.2. The monoisotopic (exact) mass is 704 g/mol. The zero-order chi connectivity index (χ0) is 33.4. The van der Waals surface area contributed by atoms with Crippen molar-refractivity contribution in [3.8, 4) is 23.0 Å². The highest BCUT2D eigenvalue weighted by Crippen LogP contribution is 2.38. The molecule has 0 amide bonds. The molecular formula is C30H32Cl2F2N2O9S. The highest BCUT2D eigenvalue weighted by Gasteiger charge is 2.27. The largest absolute Gasteiger partial charge is 0.619 e. The molecule has 250 valence electrons. The second-order valence-electron chi connectivity index (χ2n) is 10.4. The molecule has 0 saturated heterocycles. The van der Waals surface area contributed by atoms with Crippen molar-refractivity contribution >= 4 is 40.1 Å². The van der Waals surface area contributed by atoms with E-state index in [9.17, 15) is 27.2 Å². The van der Waals surface area contributed by atoms with Gasteiger partial charge in [-0.15, -0.1) is 0 Å². The first-order chi connectivity index (χ1) is 22.0. The lowest BCUT2D eigenvalue weighted by molar-refractivity contribution is -0.605. The van der Waals surface area contributed by atoms with Gasteiger partial charge in [0.15, 0.2) is 35.4 Å². The van der Waals surface area contributed by atoms with Crippen LogP contribution >= 0.6 is 23.2 Å². The van der Waals surface area contributed by atoms with Crippen LogP contribution in [-0.4, -0.2) is 59.2 Å². The molecule has 1 aromatic heterocycles. The Hall–Kier alpha value is -3.59. The number of benzene rings is 2. The van der Waals surface area contributed by atoms with Crippen molar-refractivity contribution in [2.45, 2.75) is 38.4 Å². The Balaban J connectivity index is 1.57.